The van der Waals surface area contributed by atoms with Crippen molar-refractivity contribution in [2.24, 2.45) is 0 Å². The lowest BCUT2D eigenvalue weighted by Gasteiger charge is -2.26. The number of methoxy groups -OCH3 is 1. The number of benzene rings is 1. The van der Waals surface area contributed by atoms with Crippen molar-refractivity contribution in [3.63, 3.8) is 0 Å². The second-order valence-electron chi connectivity index (χ2n) is 5.64. The van der Waals surface area contributed by atoms with Gasteiger partial charge in [0, 0.05) is 20.2 Å². The monoisotopic (exact) mass is 363 g/mol. The lowest BCUT2D eigenvalue weighted by molar-refractivity contribution is -0.132. The zero-order valence-corrected chi connectivity index (χ0v) is 15.0. The van der Waals surface area contributed by atoms with Crippen molar-refractivity contribution >= 4 is 28.6 Å². The number of hydrogen-bond acceptors (Lipinski definition) is 6. The molecule has 0 bridgehead atoms. The SMILES string of the molecule is COCCn1c(SCC(=O)N2CCOCC2)nc2ccccc2c1=O. The molecule has 0 unspecified atom stereocenters. The van der Waals surface area contributed by atoms with Crippen LogP contribution in [0.3, 0.4) is 0 Å². The van der Waals surface area contributed by atoms with Gasteiger partial charge in [-0.3, -0.25) is 14.2 Å². The number of thioether (sulfide) groups is 1. The minimum Gasteiger partial charge on any atom is -0.383 e. The molecule has 1 amide bonds. The van der Waals surface area contributed by atoms with Crippen LogP contribution in [0.1, 0.15) is 0 Å². The number of para-hydroxylation sites is 1. The maximum absolute atomic E-state index is 12.7. The summed E-state index contributed by atoms with van der Waals surface area (Å²) < 4.78 is 12.0. The minimum absolute atomic E-state index is 0.0361. The second kappa shape index (κ2) is 8.46. The standard InChI is InChI=1S/C17H21N3O4S/c1-23-9-8-20-16(22)13-4-2-3-5-14(13)18-17(20)25-12-15(21)19-6-10-24-11-7-19/h2-5H,6-12H2,1H3. The molecule has 2 heterocycles. The number of carbonyl (C=O) groups excluding carboxylic acids is 1. The maximum atomic E-state index is 12.7. The van der Waals surface area contributed by atoms with E-state index >= 15 is 0 Å². The van der Waals surface area contributed by atoms with Crippen molar-refractivity contribution in [2.75, 3.05) is 45.8 Å². The Morgan fingerprint density at radius 3 is 2.84 bits per heavy atom. The molecule has 1 saturated heterocycles. The Hall–Kier alpha value is -1.90. The van der Waals surface area contributed by atoms with Crippen LogP contribution in [-0.4, -0.2) is 66.1 Å². The first-order valence-electron chi connectivity index (χ1n) is 8.17. The van der Waals surface area contributed by atoms with Crippen molar-refractivity contribution in [1.82, 2.24) is 14.5 Å². The number of nitrogens with zero attached hydrogens (tertiary/aromatic N) is 3. The quantitative estimate of drug-likeness (QED) is 0.563. The molecule has 1 fully saturated rings. The Morgan fingerprint density at radius 1 is 1.32 bits per heavy atom. The van der Waals surface area contributed by atoms with E-state index in [1.807, 2.05) is 18.2 Å². The van der Waals surface area contributed by atoms with Crippen LogP contribution in [-0.2, 0) is 20.8 Å². The molecule has 0 saturated carbocycles. The maximum Gasteiger partial charge on any atom is 0.262 e. The Kier molecular flexibility index (Phi) is 6.06. The molecule has 1 aromatic heterocycles. The number of ether oxygens (including phenoxy) is 2. The molecular weight excluding hydrogens is 342 g/mol. The first-order chi connectivity index (χ1) is 12.2. The van der Waals surface area contributed by atoms with Gasteiger partial charge in [0.15, 0.2) is 5.16 Å². The van der Waals surface area contributed by atoms with Crippen LogP contribution in [0.5, 0.6) is 0 Å². The smallest absolute Gasteiger partial charge is 0.262 e. The Labute approximate surface area is 149 Å². The van der Waals surface area contributed by atoms with E-state index in [2.05, 4.69) is 4.98 Å². The van der Waals surface area contributed by atoms with Crippen LogP contribution in [0.4, 0.5) is 0 Å². The normalized spacial score (nSPS) is 14.8. The highest BCUT2D eigenvalue weighted by Crippen LogP contribution is 2.18. The van der Waals surface area contributed by atoms with Gasteiger partial charge >= 0.3 is 0 Å². The predicted molar refractivity (Wildman–Crippen MR) is 96.0 cm³/mol. The lowest BCUT2D eigenvalue weighted by atomic mass is 10.2. The number of morpholine rings is 1. The van der Waals surface area contributed by atoms with Crippen LogP contribution in [0, 0.1) is 0 Å². The molecule has 0 atom stereocenters. The summed E-state index contributed by atoms with van der Waals surface area (Å²) in [5, 5.41) is 1.12. The van der Waals surface area contributed by atoms with Crippen molar-refractivity contribution in [3.8, 4) is 0 Å². The lowest BCUT2D eigenvalue weighted by Crippen LogP contribution is -2.41. The van der Waals surface area contributed by atoms with E-state index in [0.29, 0.717) is 55.5 Å². The molecule has 0 N–H and O–H groups in total. The number of carbonyl (C=O) groups is 1. The fourth-order valence-corrected chi connectivity index (χ4v) is 3.60. The summed E-state index contributed by atoms with van der Waals surface area (Å²) in [6.45, 7) is 3.18. The highest BCUT2D eigenvalue weighted by atomic mass is 32.2. The summed E-state index contributed by atoms with van der Waals surface area (Å²) in [6.07, 6.45) is 0. The molecular formula is C17H21N3O4S. The Bertz CT molecular complexity index is 802. The third-order valence-electron chi connectivity index (χ3n) is 4.03. The number of rotatable bonds is 6. The summed E-state index contributed by atoms with van der Waals surface area (Å²) in [5.41, 5.74) is 0.534. The fourth-order valence-electron chi connectivity index (χ4n) is 2.67. The van der Waals surface area contributed by atoms with E-state index in [1.165, 1.54) is 11.8 Å². The highest BCUT2D eigenvalue weighted by molar-refractivity contribution is 7.99. The summed E-state index contributed by atoms with van der Waals surface area (Å²) in [7, 11) is 1.59. The molecule has 8 heteroatoms. The van der Waals surface area contributed by atoms with E-state index < -0.39 is 0 Å². The van der Waals surface area contributed by atoms with E-state index in [9.17, 15) is 9.59 Å². The second-order valence-corrected chi connectivity index (χ2v) is 6.59. The average Bonchev–Trinajstić information content (AvgIpc) is 2.66. The Balaban J connectivity index is 1.83. The number of fused-ring (bicyclic) bond motifs is 1. The number of aromatic nitrogens is 2. The van der Waals surface area contributed by atoms with Gasteiger partial charge < -0.3 is 14.4 Å². The average molecular weight is 363 g/mol. The molecule has 134 valence electrons. The van der Waals surface area contributed by atoms with Gasteiger partial charge in [0.05, 0.1) is 43.0 Å². The number of amides is 1. The highest BCUT2D eigenvalue weighted by Gasteiger charge is 2.19. The van der Waals surface area contributed by atoms with Gasteiger partial charge in [0.2, 0.25) is 5.91 Å². The summed E-state index contributed by atoms with van der Waals surface area (Å²) in [6, 6.07) is 7.25. The van der Waals surface area contributed by atoms with E-state index in [1.54, 1.807) is 22.6 Å². The molecule has 3 rings (SSSR count). The van der Waals surface area contributed by atoms with Crippen LogP contribution < -0.4 is 5.56 Å². The van der Waals surface area contributed by atoms with Gasteiger partial charge in [-0.15, -0.1) is 0 Å². The molecule has 0 radical (unpaired) electrons. The molecule has 1 aliphatic rings. The van der Waals surface area contributed by atoms with Crippen LogP contribution >= 0.6 is 11.8 Å². The molecule has 25 heavy (non-hydrogen) atoms. The molecule has 0 aliphatic carbocycles. The topological polar surface area (TPSA) is 73.7 Å². The van der Waals surface area contributed by atoms with Crippen molar-refractivity contribution in [3.05, 3.63) is 34.6 Å². The van der Waals surface area contributed by atoms with Gasteiger partial charge in [-0.2, -0.15) is 0 Å². The fraction of sp³-hybridized carbons (Fsp3) is 0.471. The number of hydrogen-bond donors (Lipinski definition) is 0. The molecule has 0 spiro atoms. The zero-order valence-electron chi connectivity index (χ0n) is 14.1. The molecule has 2 aromatic rings. The van der Waals surface area contributed by atoms with Crippen LogP contribution in [0.15, 0.2) is 34.2 Å². The van der Waals surface area contributed by atoms with Crippen molar-refractivity contribution in [2.45, 2.75) is 11.7 Å². The van der Waals surface area contributed by atoms with Crippen LogP contribution in [0.25, 0.3) is 10.9 Å². The van der Waals surface area contributed by atoms with E-state index in [0.717, 1.165) is 0 Å². The summed E-state index contributed by atoms with van der Waals surface area (Å²) in [4.78, 5) is 31.5. The van der Waals surface area contributed by atoms with Crippen LogP contribution in [0.2, 0.25) is 0 Å². The van der Waals surface area contributed by atoms with Gasteiger partial charge in [-0.25, -0.2) is 4.98 Å². The van der Waals surface area contributed by atoms with Gasteiger partial charge in [0.25, 0.3) is 5.56 Å². The van der Waals surface area contributed by atoms with Crippen molar-refractivity contribution in [1.29, 1.82) is 0 Å². The third-order valence-corrected chi connectivity index (χ3v) is 5.00. The van der Waals surface area contributed by atoms with Gasteiger partial charge in [-0.1, -0.05) is 23.9 Å². The molecule has 7 nitrogen and oxygen atoms in total. The van der Waals surface area contributed by atoms with E-state index in [-0.39, 0.29) is 17.2 Å². The molecule has 1 aliphatic heterocycles. The molecule has 1 aromatic carbocycles. The Morgan fingerprint density at radius 2 is 2.08 bits per heavy atom. The first-order valence-corrected chi connectivity index (χ1v) is 9.16. The summed E-state index contributed by atoms with van der Waals surface area (Å²) >= 11 is 1.29. The predicted octanol–water partition coefficient (Wildman–Crippen LogP) is 0.994. The summed E-state index contributed by atoms with van der Waals surface area (Å²) in [5.74, 6) is 0.284. The van der Waals surface area contributed by atoms with E-state index in [4.69, 9.17) is 9.47 Å². The third kappa shape index (κ3) is 4.20. The van der Waals surface area contributed by atoms with Gasteiger partial charge in [-0.05, 0) is 12.1 Å². The van der Waals surface area contributed by atoms with Crippen molar-refractivity contribution < 1.29 is 14.3 Å². The zero-order chi connectivity index (χ0) is 17.6. The van der Waals surface area contributed by atoms with Gasteiger partial charge in [0.1, 0.15) is 0 Å². The minimum atomic E-state index is -0.107. The largest absolute Gasteiger partial charge is 0.383 e. The first kappa shape index (κ1) is 17.9.